The molecular weight excluding hydrogens is 413 g/mol. The number of likely N-dealkylation sites (tertiary alicyclic amines) is 1. The summed E-state index contributed by atoms with van der Waals surface area (Å²) in [5, 5.41) is 0.497. The molecule has 0 radical (unpaired) electrons. The van der Waals surface area contributed by atoms with Crippen molar-refractivity contribution in [1.29, 1.82) is 0 Å². The van der Waals surface area contributed by atoms with E-state index in [0.717, 1.165) is 37.6 Å². The van der Waals surface area contributed by atoms with Crippen LogP contribution in [0.25, 0.3) is 22.2 Å². The van der Waals surface area contributed by atoms with Crippen LogP contribution in [0.5, 0.6) is 0 Å². The maximum absolute atomic E-state index is 14.5. The Kier molecular flexibility index (Phi) is 5.06. The lowest BCUT2D eigenvalue weighted by Gasteiger charge is -2.43. The molecule has 0 bridgehead atoms. The second-order valence-electron chi connectivity index (χ2n) is 10.1. The van der Waals surface area contributed by atoms with Crippen molar-refractivity contribution in [2.45, 2.75) is 45.4 Å². The monoisotopic (exact) mass is 440 g/mol. The van der Waals surface area contributed by atoms with Crippen LogP contribution in [0, 0.1) is 28.8 Å². The molecule has 0 unspecified atom stereocenters. The first-order valence-electron chi connectivity index (χ1n) is 11.3. The number of amides is 1. The summed E-state index contributed by atoms with van der Waals surface area (Å²) in [6.07, 6.45) is 3.44. The van der Waals surface area contributed by atoms with E-state index in [0.29, 0.717) is 29.5 Å². The molecule has 32 heavy (non-hydrogen) atoms. The minimum Gasteiger partial charge on any atom is -0.352 e. The molecule has 1 aliphatic heterocycles. The highest BCUT2D eigenvalue weighted by atomic mass is 19.1. The fourth-order valence-electron chi connectivity index (χ4n) is 5.43. The molecule has 3 aromatic rings. The Hall–Kier alpha value is -2.76. The number of nitrogens with zero attached hydrogens (tertiary/aromatic N) is 1. The standard InChI is InChI=1S/C26H27F3N2O/c1-26(2)8-3-9-31(14-26)25(32)17-10-16(11-17)22-20-12-19(28)13-21(29)24(20)30-23(22)15-4-6-18(27)7-5-15/h4-7,12-13,16-17,30H,3,8-11,14H2,1-2H3/t16-,17-. The van der Waals surface area contributed by atoms with Gasteiger partial charge in [-0.2, -0.15) is 0 Å². The number of H-pyrrole nitrogens is 1. The van der Waals surface area contributed by atoms with Gasteiger partial charge in [0.05, 0.1) is 11.2 Å². The minimum atomic E-state index is -0.655. The van der Waals surface area contributed by atoms with Crippen LogP contribution in [0.2, 0.25) is 0 Å². The number of piperidine rings is 1. The fourth-order valence-corrected chi connectivity index (χ4v) is 5.43. The highest BCUT2D eigenvalue weighted by Gasteiger charge is 2.41. The van der Waals surface area contributed by atoms with Crippen molar-refractivity contribution in [3.8, 4) is 11.3 Å². The Morgan fingerprint density at radius 3 is 2.47 bits per heavy atom. The smallest absolute Gasteiger partial charge is 0.225 e. The molecule has 1 saturated carbocycles. The van der Waals surface area contributed by atoms with Gasteiger partial charge in [0.15, 0.2) is 0 Å². The van der Waals surface area contributed by atoms with Crippen LogP contribution >= 0.6 is 0 Å². The zero-order valence-corrected chi connectivity index (χ0v) is 18.4. The van der Waals surface area contributed by atoms with Crippen molar-refractivity contribution in [3.63, 3.8) is 0 Å². The van der Waals surface area contributed by atoms with Crippen molar-refractivity contribution in [2.24, 2.45) is 11.3 Å². The van der Waals surface area contributed by atoms with Crippen LogP contribution in [-0.2, 0) is 4.79 Å². The Labute approximate surface area is 185 Å². The van der Waals surface area contributed by atoms with Crippen molar-refractivity contribution in [2.75, 3.05) is 13.1 Å². The van der Waals surface area contributed by atoms with E-state index in [1.54, 1.807) is 12.1 Å². The normalized spacial score (nSPS) is 22.7. The average Bonchev–Trinajstić information content (AvgIpc) is 3.06. The summed E-state index contributed by atoms with van der Waals surface area (Å²) in [5.41, 5.74) is 2.57. The maximum Gasteiger partial charge on any atom is 0.225 e. The summed E-state index contributed by atoms with van der Waals surface area (Å²) in [6.45, 7) is 5.96. The zero-order valence-electron chi connectivity index (χ0n) is 18.4. The van der Waals surface area contributed by atoms with Crippen molar-refractivity contribution >= 4 is 16.8 Å². The zero-order chi connectivity index (χ0) is 22.6. The van der Waals surface area contributed by atoms with E-state index in [9.17, 15) is 18.0 Å². The van der Waals surface area contributed by atoms with E-state index < -0.39 is 11.6 Å². The van der Waals surface area contributed by atoms with Gasteiger partial charge in [-0.25, -0.2) is 13.2 Å². The molecule has 1 aromatic heterocycles. The topological polar surface area (TPSA) is 36.1 Å². The molecule has 6 heteroatoms. The van der Waals surface area contributed by atoms with E-state index in [-0.39, 0.29) is 34.5 Å². The number of carbonyl (C=O) groups excluding carboxylic acids is 1. The second kappa shape index (κ2) is 7.68. The van der Waals surface area contributed by atoms with Crippen LogP contribution < -0.4 is 0 Å². The highest BCUT2D eigenvalue weighted by molar-refractivity contribution is 5.92. The maximum atomic E-state index is 14.5. The van der Waals surface area contributed by atoms with Gasteiger partial charge in [0.2, 0.25) is 5.91 Å². The van der Waals surface area contributed by atoms with Gasteiger partial charge >= 0.3 is 0 Å². The molecule has 1 aliphatic carbocycles. The van der Waals surface area contributed by atoms with E-state index in [1.807, 2.05) is 4.90 Å². The summed E-state index contributed by atoms with van der Waals surface area (Å²) in [5.74, 6) is -1.52. The third kappa shape index (κ3) is 3.70. The second-order valence-corrected chi connectivity index (χ2v) is 10.1. The number of benzene rings is 2. The summed E-state index contributed by atoms with van der Waals surface area (Å²) >= 11 is 0. The van der Waals surface area contributed by atoms with Crippen molar-refractivity contribution in [1.82, 2.24) is 9.88 Å². The number of fused-ring (bicyclic) bond motifs is 1. The van der Waals surface area contributed by atoms with Crippen LogP contribution in [0.3, 0.4) is 0 Å². The molecule has 168 valence electrons. The van der Waals surface area contributed by atoms with E-state index in [4.69, 9.17) is 0 Å². The fraction of sp³-hybridized carbons (Fsp3) is 0.423. The number of rotatable bonds is 3. The Morgan fingerprint density at radius 1 is 1.06 bits per heavy atom. The number of nitrogens with one attached hydrogen (secondary N) is 1. The summed E-state index contributed by atoms with van der Waals surface area (Å²) < 4.78 is 42.1. The summed E-state index contributed by atoms with van der Waals surface area (Å²) in [6, 6.07) is 8.19. The van der Waals surface area contributed by atoms with E-state index >= 15 is 0 Å². The predicted octanol–water partition coefficient (Wildman–Crippen LogP) is 6.39. The Balaban J connectivity index is 1.46. The molecule has 2 heterocycles. The molecule has 2 fully saturated rings. The minimum absolute atomic E-state index is 0.0109. The van der Waals surface area contributed by atoms with Gasteiger partial charge in [0, 0.05) is 30.5 Å². The highest BCUT2D eigenvalue weighted by Crippen LogP contribution is 2.49. The van der Waals surface area contributed by atoms with Gasteiger partial charge in [-0.05, 0) is 78.5 Å². The van der Waals surface area contributed by atoms with Gasteiger partial charge in [-0.3, -0.25) is 4.79 Å². The SMILES string of the molecule is CC1(C)CCCN(C(=O)[C@H]2C[C@H](c3c(-c4ccc(F)cc4)[nH]c4c(F)cc(F)cc43)C2)C1. The Bertz CT molecular complexity index is 1180. The van der Waals surface area contributed by atoms with Crippen LogP contribution in [-0.4, -0.2) is 28.9 Å². The molecule has 0 spiro atoms. The molecule has 0 atom stereocenters. The number of carbonyl (C=O) groups is 1. The molecule has 2 aliphatic rings. The van der Waals surface area contributed by atoms with Gasteiger partial charge < -0.3 is 9.88 Å². The third-order valence-electron chi connectivity index (χ3n) is 7.11. The predicted molar refractivity (Wildman–Crippen MR) is 119 cm³/mol. The molecule has 1 saturated heterocycles. The van der Waals surface area contributed by atoms with Crippen LogP contribution in [0.4, 0.5) is 13.2 Å². The molecular formula is C26H27F3N2O. The number of hydrogen-bond acceptors (Lipinski definition) is 1. The largest absolute Gasteiger partial charge is 0.352 e. The number of aromatic amines is 1. The summed E-state index contributed by atoms with van der Waals surface area (Å²) in [7, 11) is 0. The lowest BCUT2D eigenvalue weighted by Crippen LogP contribution is -2.48. The van der Waals surface area contributed by atoms with Gasteiger partial charge in [-0.1, -0.05) is 13.8 Å². The van der Waals surface area contributed by atoms with Crippen LogP contribution in [0.1, 0.15) is 51.0 Å². The Morgan fingerprint density at radius 2 is 1.78 bits per heavy atom. The number of hydrogen-bond donors (Lipinski definition) is 1. The lowest BCUT2D eigenvalue weighted by molar-refractivity contribution is -0.141. The van der Waals surface area contributed by atoms with Crippen LogP contribution in [0.15, 0.2) is 36.4 Å². The number of halogens is 3. The molecule has 1 amide bonds. The molecule has 1 N–H and O–H groups in total. The first-order valence-corrected chi connectivity index (χ1v) is 11.3. The first kappa shape index (κ1) is 21.1. The quantitative estimate of drug-likeness (QED) is 0.503. The lowest BCUT2D eigenvalue weighted by atomic mass is 9.69. The molecule has 5 rings (SSSR count). The van der Waals surface area contributed by atoms with Crippen molar-refractivity contribution < 1.29 is 18.0 Å². The average molecular weight is 441 g/mol. The molecule has 2 aromatic carbocycles. The van der Waals surface area contributed by atoms with Gasteiger partial charge in [0.25, 0.3) is 0 Å². The van der Waals surface area contributed by atoms with Crippen molar-refractivity contribution in [3.05, 3.63) is 59.4 Å². The number of aromatic nitrogens is 1. The van der Waals surface area contributed by atoms with Gasteiger partial charge in [0.1, 0.15) is 17.5 Å². The van der Waals surface area contributed by atoms with E-state index in [2.05, 4.69) is 18.8 Å². The van der Waals surface area contributed by atoms with E-state index in [1.165, 1.54) is 18.2 Å². The summed E-state index contributed by atoms with van der Waals surface area (Å²) in [4.78, 5) is 18.2. The first-order chi connectivity index (χ1) is 15.2. The van der Waals surface area contributed by atoms with Gasteiger partial charge in [-0.15, -0.1) is 0 Å². The molecule has 3 nitrogen and oxygen atoms in total. The third-order valence-corrected chi connectivity index (χ3v) is 7.11.